The fourth-order valence-corrected chi connectivity index (χ4v) is 3.95. The number of morpholine rings is 1. The highest BCUT2D eigenvalue weighted by Gasteiger charge is 2.25. The van der Waals surface area contributed by atoms with Crippen LogP contribution in [0, 0.1) is 13.8 Å². The fraction of sp³-hybridized carbons (Fsp3) is 0.450. The molecule has 2 aliphatic rings. The molecule has 0 spiro atoms. The number of benzene rings is 1. The third-order valence-corrected chi connectivity index (χ3v) is 5.48. The van der Waals surface area contributed by atoms with E-state index < -0.39 is 0 Å². The smallest absolute Gasteiger partial charge is 0.263 e. The van der Waals surface area contributed by atoms with E-state index >= 15 is 0 Å². The Morgan fingerprint density at radius 1 is 1.15 bits per heavy atom. The highest BCUT2D eigenvalue weighted by Crippen LogP contribution is 2.41. The van der Waals surface area contributed by atoms with E-state index in [1.54, 1.807) is 10.9 Å². The van der Waals surface area contributed by atoms with Crippen molar-refractivity contribution in [2.45, 2.75) is 32.6 Å². The molecule has 1 aliphatic heterocycles. The molecular formula is C20H23N5O2. The number of fused-ring (bicyclic) bond motifs is 1. The Balaban J connectivity index is 1.58. The van der Waals surface area contributed by atoms with Gasteiger partial charge in [0, 0.05) is 19.3 Å². The Morgan fingerprint density at radius 2 is 1.85 bits per heavy atom. The van der Waals surface area contributed by atoms with E-state index in [9.17, 15) is 4.79 Å². The standard InChI is InChI=1S/C20H23N5O2/c1-12-9-15(14-3-4-14)10-13(2)17(12)25-11-16-18(23-25)21-20(22-19(16)26)24-5-7-27-8-6-24/h9-11,14H,3-8H2,1-2H3,(H,21,22,23,26). The minimum absolute atomic E-state index is 0.155. The van der Waals surface area contributed by atoms with Crippen LogP contribution in [0.15, 0.2) is 23.1 Å². The lowest BCUT2D eigenvalue weighted by Crippen LogP contribution is -2.38. The highest BCUT2D eigenvalue weighted by molar-refractivity contribution is 5.75. The Bertz CT molecular complexity index is 1050. The maximum absolute atomic E-state index is 12.6. The van der Waals surface area contributed by atoms with Crippen LogP contribution in [-0.2, 0) is 4.74 Å². The molecule has 5 rings (SSSR count). The van der Waals surface area contributed by atoms with E-state index in [0.29, 0.717) is 36.1 Å². The molecule has 3 heterocycles. The summed E-state index contributed by atoms with van der Waals surface area (Å²) in [7, 11) is 0. The van der Waals surface area contributed by atoms with E-state index in [2.05, 4.69) is 41.0 Å². The Hall–Kier alpha value is -2.67. The van der Waals surface area contributed by atoms with Crippen LogP contribution >= 0.6 is 0 Å². The van der Waals surface area contributed by atoms with Gasteiger partial charge in [0.15, 0.2) is 5.65 Å². The summed E-state index contributed by atoms with van der Waals surface area (Å²) in [6.45, 7) is 6.94. The van der Waals surface area contributed by atoms with Gasteiger partial charge in [0.05, 0.1) is 18.9 Å². The van der Waals surface area contributed by atoms with Gasteiger partial charge in [0.25, 0.3) is 5.56 Å². The molecule has 0 amide bonds. The number of aryl methyl sites for hydroxylation is 2. The maximum atomic E-state index is 12.6. The summed E-state index contributed by atoms with van der Waals surface area (Å²) in [6, 6.07) is 4.51. The average Bonchev–Trinajstić information content (AvgIpc) is 3.42. The number of ether oxygens (including phenoxy) is 1. The van der Waals surface area contributed by atoms with Gasteiger partial charge in [-0.3, -0.25) is 9.78 Å². The normalized spacial score (nSPS) is 17.6. The maximum Gasteiger partial charge on any atom is 0.263 e. The van der Waals surface area contributed by atoms with Crippen LogP contribution in [0.1, 0.15) is 35.4 Å². The molecule has 0 atom stereocenters. The predicted octanol–water partition coefficient (Wildman–Crippen LogP) is 2.44. The van der Waals surface area contributed by atoms with E-state index in [4.69, 9.17) is 4.74 Å². The molecule has 0 unspecified atom stereocenters. The van der Waals surface area contributed by atoms with Gasteiger partial charge in [0.2, 0.25) is 5.95 Å². The zero-order valence-corrected chi connectivity index (χ0v) is 15.7. The zero-order valence-electron chi connectivity index (χ0n) is 15.7. The summed E-state index contributed by atoms with van der Waals surface area (Å²) >= 11 is 0. The Kier molecular flexibility index (Phi) is 3.79. The molecule has 1 saturated carbocycles. The SMILES string of the molecule is Cc1cc(C2CC2)cc(C)c1-n1cc2c(=O)[nH]c(N3CCOCC3)nc2n1. The van der Waals surface area contributed by atoms with Crippen molar-refractivity contribution in [2.75, 3.05) is 31.2 Å². The molecular weight excluding hydrogens is 342 g/mol. The van der Waals surface area contributed by atoms with Crippen LogP contribution in [0.5, 0.6) is 0 Å². The van der Waals surface area contributed by atoms with Crippen molar-refractivity contribution in [1.82, 2.24) is 19.7 Å². The number of hydrogen-bond donors (Lipinski definition) is 1. The van der Waals surface area contributed by atoms with Gasteiger partial charge >= 0.3 is 0 Å². The number of H-pyrrole nitrogens is 1. The Labute approximate surface area is 157 Å². The van der Waals surface area contributed by atoms with Crippen LogP contribution in [-0.4, -0.2) is 46.1 Å². The summed E-state index contributed by atoms with van der Waals surface area (Å²) in [5, 5.41) is 5.15. The zero-order chi connectivity index (χ0) is 18.5. The fourth-order valence-electron chi connectivity index (χ4n) is 3.95. The lowest BCUT2D eigenvalue weighted by molar-refractivity contribution is 0.122. The molecule has 27 heavy (non-hydrogen) atoms. The molecule has 7 heteroatoms. The van der Waals surface area contributed by atoms with Crippen LogP contribution in [0.3, 0.4) is 0 Å². The van der Waals surface area contributed by atoms with Crippen molar-refractivity contribution < 1.29 is 4.74 Å². The first kappa shape index (κ1) is 16.5. The van der Waals surface area contributed by atoms with Crippen LogP contribution in [0.25, 0.3) is 16.7 Å². The van der Waals surface area contributed by atoms with Crippen LogP contribution in [0.2, 0.25) is 0 Å². The number of aromatic amines is 1. The van der Waals surface area contributed by atoms with Gasteiger partial charge < -0.3 is 9.64 Å². The number of hydrogen-bond acceptors (Lipinski definition) is 5. The van der Waals surface area contributed by atoms with E-state index in [0.717, 1.165) is 18.8 Å². The van der Waals surface area contributed by atoms with Crippen molar-refractivity contribution >= 4 is 17.0 Å². The van der Waals surface area contributed by atoms with Gasteiger partial charge in [-0.2, -0.15) is 4.98 Å². The number of nitrogens with one attached hydrogen (secondary N) is 1. The first-order valence-electron chi connectivity index (χ1n) is 9.54. The molecule has 2 aromatic heterocycles. The summed E-state index contributed by atoms with van der Waals surface area (Å²) in [5.41, 5.74) is 5.12. The van der Waals surface area contributed by atoms with Crippen molar-refractivity contribution in [3.05, 3.63) is 45.4 Å². The van der Waals surface area contributed by atoms with Crippen LogP contribution < -0.4 is 10.5 Å². The third kappa shape index (κ3) is 2.92. The van der Waals surface area contributed by atoms with Gasteiger partial charge in [0.1, 0.15) is 5.39 Å². The largest absolute Gasteiger partial charge is 0.378 e. The van der Waals surface area contributed by atoms with E-state index in [1.807, 2.05) is 4.90 Å². The summed E-state index contributed by atoms with van der Waals surface area (Å²) in [5.74, 6) is 1.28. The topological polar surface area (TPSA) is 76.0 Å². The van der Waals surface area contributed by atoms with Gasteiger partial charge in [-0.15, -0.1) is 5.10 Å². The second-order valence-electron chi connectivity index (χ2n) is 7.58. The second kappa shape index (κ2) is 6.20. The molecule has 1 aromatic carbocycles. The van der Waals surface area contributed by atoms with Gasteiger partial charge in [-0.1, -0.05) is 12.1 Å². The van der Waals surface area contributed by atoms with Crippen molar-refractivity contribution in [3.8, 4) is 5.69 Å². The molecule has 2 fully saturated rings. The number of anilines is 1. The van der Waals surface area contributed by atoms with Gasteiger partial charge in [-0.05, 0) is 49.3 Å². The quantitative estimate of drug-likeness (QED) is 0.771. The summed E-state index contributed by atoms with van der Waals surface area (Å²) in [6.07, 6.45) is 4.36. The third-order valence-electron chi connectivity index (χ3n) is 5.48. The minimum Gasteiger partial charge on any atom is -0.378 e. The molecule has 1 N–H and O–H groups in total. The van der Waals surface area contributed by atoms with E-state index in [-0.39, 0.29) is 5.56 Å². The van der Waals surface area contributed by atoms with E-state index in [1.165, 1.54) is 29.5 Å². The lowest BCUT2D eigenvalue weighted by Gasteiger charge is -2.26. The van der Waals surface area contributed by atoms with Crippen molar-refractivity contribution in [1.29, 1.82) is 0 Å². The average molecular weight is 365 g/mol. The van der Waals surface area contributed by atoms with Crippen molar-refractivity contribution in [3.63, 3.8) is 0 Å². The molecule has 140 valence electrons. The molecule has 0 bridgehead atoms. The molecule has 7 nitrogen and oxygen atoms in total. The lowest BCUT2D eigenvalue weighted by atomic mass is 10.0. The molecule has 1 saturated heterocycles. The molecule has 0 radical (unpaired) electrons. The first-order valence-corrected chi connectivity index (χ1v) is 9.54. The number of aromatic nitrogens is 4. The molecule has 3 aromatic rings. The minimum atomic E-state index is -0.155. The Morgan fingerprint density at radius 3 is 2.52 bits per heavy atom. The van der Waals surface area contributed by atoms with Crippen molar-refractivity contribution in [2.24, 2.45) is 0 Å². The number of nitrogens with zero attached hydrogens (tertiary/aromatic N) is 4. The highest BCUT2D eigenvalue weighted by atomic mass is 16.5. The van der Waals surface area contributed by atoms with Gasteiger partial charge in [-0.25, -0.2) is 4.68 Å². The summed E-state index contributed by atoms with van der Waals surface area (Å²) in [4.78, 5) is 22.1. The first-order chi connectivity index (χ1) is 13.1. The summed E-state index contributed by atoms with van der Waals surface area (Å²) < 4.78 is 7.18. The predicted molar refractivity (Wildman–Crippen MR) is 104 cm³/mol. The second-order valence-corrected chi connectivity index (χ2v) is 7.58. The van der Waals surface area contributed by atoms with Crippen LogP contribution in [0.4, 0.5) is 5.95 Å². The molecule has 1 aliphatic carbocycles. The monoisotopic (exact) mass is 365 g/mol. The number of rotatable bonds is 3.